The van der Waals surface area contributed by atoms with Gasteiger partial charge in [-0.1, -0.05) is 0 Å². The molecule has 0 amide bonds. The van der Waals surface area contributed by atoms with E-state index >= 15 is 0 Å². The van der Waals surface area contributed by atoms with Gasteiger partial charge < -0.3 is 4.98 Å². The van der Waals surface area contributed by atoms with Crippen molar-refractivity contribution in [2.75, 3.05) is 0 Å². The molecule has 1 aliphatic heterocycles. The van der Waals surface area contributed by atoms with Gasteiger partial charge in [0, 0.05) is 5.69 Å². The van der Waals surface area contributed by atoms with Crippen LogP contribution < -0.4 is 5.69 Å². The molecule has 0 spiro atoms. The van der Waals surface area contributed by atoms with Crippen LogP contribution in [0.2, 0.25) is 0 Å². The summed E-state index contributed by atoms with van der Waals surface area (Å²) in [6, 6.07) is 0. The zero-order valence-corrected chi connectivity index (χ0v) is 5.96. The molecule has 0 saturated heterocycles. The van der Waals surface area contributed by atoms with Gasteiger partial charge in [0.15, 0.2) is 0 Å². The normalized spacial score (nSPS) is 13.5. The summed E-state index contributed by atoms with van der Waals surface area (Å²) in [6.45, 7) is 2.21. The van der Waals surface area contributed by atoms with Gasteiger partial charge in [-0.3, -0.25) is 0 Å². The van der Waals surface area contributed by atoms with E-state index < -0.39 is 0 Å². The second-order valence-corrected chi connectivity index (χ2v) is 2.36. The van der Waals surface area contributed by atoms with Crippen molar-refractivity contribution < 1.29 is 0 Å². The van der Waals surface area contributed by atoms with E-state index in [4.69, 9.17) is 0 Å². The Bertz CT molecular complexity index is 379. The first-order chi connectivity index (χ1) is 5.27. The van der Waals surface area contributed by atoms with E-state index in [0.717, 1.165) is 5.69 Å². The fourth-order valence-electron chi connectivity index (χ4n) is 1.06. The predicted molar refractivity (Wildman–Crippen MR) is 37.8 cm³/mol. The van der Waals surface area contributed by atoms with Gasteiger partial charge in [-0.25, -0.2) is 4.79 Å². The van der Waals surface area contributed by atoms with Crippen molar-refractivity contribution in [2.45, 2.75) is 13.5 Å². The molecule has 2 rings (SSSR count). The van der Waals surface area contributed by atoms with Gasteiger partial charge >= 0.3 is 5.69 Å². The lowest BCUT2D eigenvalue weighted by Crippen LogP contribution is -2.12. The van der Waals surface area contributed by atoms with Crippen LogP contribution in [0.25, 0.3) is 0 Å². The molecule has 56 valence electrons. The van der Waals surface area contributed by atoms with Crippen molar-refractivity contribution in [1.29, 1.82) is 0 Å². The topological polar surface area (TPSA) is 70.5 Å². The lowest BCUT2D eigenvalue weighted by molar-refractivity contribution is 0.946. The van der Waals surface area contributed by atoms with Crippen LogP contribution in [0.3, 0.4) is 0 Å². The maximum atomic E-state index is 10.8. The van der Waals surface area contributed by atoms with E-state index in [2.05, 4.69) is 20.2 Å². The molecule has 0 fully saturated rings. The summed E-state index contributed by atoms with van der Waals surface area (Å²) in [5, 5.41) is 7.59. The lowest BCUT2D eigenvalue weighted by atomic mass is 10.3. The van der Waals surface area contributed by atoms with Gasteiger partial charge in [-0.15, -0.1) is 0 Å². The van der Waals surface area contributed by atoms with Crippen LogP contribution >= 0.6 is 0 Å². The number of hydrogen-bond acceptors (Lipinski definition) is 4. The van der Waals surface area contributed by atoms with E-state index in [1.165, 1.54) is 0 Å². The highest BCUT2D eigenvalue weighted by Gasteiger charge is 2.12. The molecule has 0 atom stereocenters. The lowest BCUT2D eigenvalue weighted by Gasteiger charge is -1.95. The number of azo groups is 1. The first kappa shape index (κ1) is 6.21. The number of hydrogen-bond donors (Lipinski definition) is 1. The third-order valence-electron chi connectivity index (χ3n) is 1.55. The molecule has 0 radical (unpaired) electrons. The number of aromatic nitrogens is 2. The summed E-state index contributed by atoms with van der Waals surface area (Å²) in [7, 11) is 0. The molecule has 1 aromatic heterocycles. The van der Waals surface area contributed by atoms with E-state index in [9.17, 15) is 4.79 Å². The molecule has 0 unspecified atom stereocenters. The zero-order valence-electron chi connectivity index (χ0n) is 5.96. The van der Waals surface area contributed by atoms with Gasteiger partial charge in [0.1, 0.15) is 12.2 Å². The van der Waals surface area contributed by atoms with Gasteiger partial charge in [0.25, 0.3) is 0 Å². The van der Waals surface area contributed by atoms with Crippen LogP contribution in [0.1, 0.15) is 11.4 Å². The largest absolute Gasteiger partial charge is 0.345 e. The van der Waals surface area contributed by atoms with Crippen molar-refractivity contribution in [1.82, 2.24) is 9.97 Å². The Balaban J connectivity index is 2.76. The fraction of sp³-hybridized carbons (Fsp3) is 0.333. The van der Waals surface area contributed by atoms with E-state index in [-0.39, 0.29) is 5.69 Å². The highest BCUT2D eigenvalue weighted by atomic mass is 16.1. The Labute approximate surface area is 62.2 Å². The first-order valence-corrected chi connectivity index (χ1v) is 3.24. The first-order valence-electron chi connectivity index (χ1n) is 3.24. The van der Waals surface area contributed by atoms with Crippen LogP contribution in [0.4, 0.5) is 5.69 Å². The SMILES string of the molecule is Cc1[nH]c(=O)nc2c1N=NC2. The Morgan fingerprint density at radius 3 is 3.18 bits per heavy atom. The van der Waals surface area contributed by atoms with Gasteiger partial charge in [-0.05, 0) is 6.92 Å². The molecule has 0 saturated carbocycles. The molecule has 1 aromatic rings. The average molecular weight is 150 g/mol. The summed E-state index contributed by atoms with van der Waals surface area (Å²) in [4.78, 5) is 17.1. The van der Waals surface area contributed by atoms with Crippen molar-refractivity contribution in [2.24, 2.45) is 10.2 Å². The molecule has 1 N–H and O–H groups in total. The number of nitrogens with zero attached hydrogens (tertiary/aromatic N) is 3. The highest BCUT2D eigenvalue weighted by Crippen LogP contribution is 2.25. The zero-order chi connectivity index (χ0) is 7.84. The number of rotatable bonds is 0. The molecule has 5 heteroatoms. The molecule has 0 aromatic carbocycles. The molecule has 5 nitrogen and oxygen atoms in total. The smallest absolute Gasteiger partial charge is 0.308 e. The number of aromatic amines is 1. The van der Waals surface area contributed by atoms with Crippen molar-refractivity contribution in [3.63, 3.8) is 0 Å². The summed E-state index contributed by atoms with van der Waals surface area (Å²) in [5.41, 5.74) is 1.80. The molecule has 0 bridgehead atoms. The highest BCUT2D eigenvalue weighted by molar-refractivity contribution is 5.46. The quantitative estimate of drug-likeness (QED) is 0.590. The van der Waals surface area contributed by atoms with Crippen molar-refractivity contribution in [3.05, 3.63) is 21.9 Å². The monoisotopic (exact) mass is 150 g/mol. The van der Waals surface area contributed by atoms with Crippen molar-refractivity contribution >= 4 is 5.69 Å². The Hall–Kier alpha value is -1.52. The predicted octanol–water partition coefficient (Wildman–Crippen LogP) is 0.676. The van der Waals surface area contributed by atoms with Gasteiger partial charge in [0.05, 0.1) is 5.69 Å². The van der Waals surface area contributed by atoms with Gasteiger partial charge in [0.2, 0.25) is 0 Å². The molecule has 1 aliphatic rings. The number of fused-ring (bicyclic) bond motifs is 1. The standard InChI is InChI=1S/C6H6N4O/c1-3-5-4(2-7-10-5)9-6(11)8-3/h2H2,1H3,(H,8,9,11). The van der Waals surface area contributed by atoms with Crippen LogP contribution in [0.15, 0.2) is 15.0 Å². The van der Waals surface area contributed by atoms with E-state index in [0.29, 0.717) is 17.9 Å². The summed E-state index contributed by atoms with van der Waals surface area (Å²) in [6.07, 6.45) is 0. The number of aryl methyl sites for hydroxylation is 1. The Morgan fingerprint density at radius 2 is 2.36 bits per heavy atom. The second kappa shape index (κ2) is 1.98. The minimum Gasteiger partial charge on any atom is -0.308 e. The van der Waals surface area contributed by atoms with Crippen molar-refractivity contribution in [3.8, 4) is 0 Å². The van der Waals surface area contributed by atoms with E-state index in [1.807, 2.05) is 0 Å². The molecule has 11 heavy (non-hydrogen) atoms. The second-order valence-electron chi connectivity index (χ2n) is 2.36. The minimum atomic E-state index is -0.325. The summed E-state index contributed by atoms with van der Waals surface area (Å²) in [5.74, 6) is 0. The average Bonchev–Trinajstić information content (AvgIpc) is 2.34. The summed E-state index contributed by atoms with van der Waals surface area (Å²) >= 11 is 0. The Kier molecular flexibility index (Phi) is 1.12. The molecule has 0 aliphatic carbocycles. The number of H-pyrrole nitrogens is 1. The summed E-state index contributed by atoms with van der Waals surface area (Å²) < 4.78 is 0. The number of nitrogens with one attached hydrogen (secondary N) is 1. The van der Waals surface area contributed by atoms with Crippen LogP contribution in [-0.2, 0) is 6.54 Å². The third-order valence-corrected chi connectivity index (χ3v) is 1.55. The van der Waals surface area contributed by atoms with Gasteiger partial charge in [-0.2, -0.15) is 15.2 Å². The van der Waals surface area contributed by atoms with E-state index in [1.54, 1.807) is 6.92 Å². The fourth-order valence-corrected chi connectivity index (χ4v) is 1.06. The Morgan fingerprint density at radius 1 is 1.55 bits per heavy atom. The van der Waals surface area contributed by atoms with Crippen LogP contribution in [0, 0.1) is 6.92 Å². The molecular weight excluding hydrogens is 144 g/mol. The van der Waals surface area contributed by atoms with Crippen LogP contribution in [-0.4, -0.2) is 9.97 Å². The maximum absolute atomic E-state index is 10.8. The molecular formula is C6H6N4O. The molecule has 2 heterocycles. The van der Waals surface area contributed by atoms with Crippen LogP contribution in [0.5, 0.6) is 0 Å². The minimum absolute atomic E-state index is 0.325. The maximum Gasteiger partial charge on any atom is 0.345 e. The third kappa shape index (κ3) is 0.849.